The molecule has 0 radical (unpaired) electrons. The van der Waals surface area contributed by atoms with Crippen molar-refractivity contribution in [3.63, 3.8) is 0 Å². The summed E-state index contributed by atoms with van der Waals surface area (Å²) in [5, 5.41) is 3.51. The summed E-state index contributed by atoms with van der Waals surface area (Å²) in [6.07, 6.45) is 6.41. The highest BCUT2D eigenvalue weighted by Crippen LogP contribution is 2.20. The number of rotatable bonds is 11. The van der Waals surface area contributed by atoms with Crippen LogP contribution >= 0.6 is 0 Å². The topological polar surface area (TPSA) is 21.3 Å². The van der Waals surface area contributed by atoms with Crippen molar-refractivity contribution in [3.8, 4) is 5.75 Å². The molecule has 0 fully saturated rings. The maximum atomic E-state index is 5.99. The molecular weight excluding hydrogens is 258 g/mol. The van der Waals surface area contributed by atoms with E-state index in [0.717, 1.165) is 31.9 Å². The first-order valence-electron chi connectivity index (χ1n) is 8.56. The van der Waals surface area contributed by atoms with Crippen LogP contribution in [-0.4, -0.2) is 13.2 Å². The molecule has 2 heteroatoms. The number of benzene rings is 1. The lowest BCUT2D eigenvalue weighted by molar-refractivity contribution is 0.300. The van der Waals surface area contributed by atoms with E-state index in [9.17, 15) is 0 Å². The molecule has 0 aromatic heterocycles. The molecule has 0 aliphatic heterocycles. The van der Waals surface area contributed by atoms with Gasteiger partial charge in [-0.2, -0.15) is 0 Å². The molecule has 21 heavy (non-hydrogen) atoms. The fraction of sp³-hybridized carbons (Fsp3) is 0.684. The summed E-state index contributed by atoms with van der Waals surface area (Å²) >= 11 is 0. The van der Waals surface area contributed by atoms with Gasteiger partial charge in [0.1, 0.15) is 5.75 Å². The third-order valence-corrected chi connectivity index (χ3v) is 3.59. The monoisotopic (exact) mass is 291 g/mol. The van der Waals surface area contributed by atoms with Crippen molar-refractivity contribution < 1.29 is 4.74 Å². The van der Waals surface area contributed by atoms with Crippen molar-refractivity contribution in [2.24, 2.45) is 5.92 Å². The lowest BCUT2D eigenvalue weighted by Crippen LogP contribution is -2.19. The van der Waals surface area contributed by atoms with E-state index in [4.69, 9.17) is 4.74 Å². The van der Waals surface area contributed by atoms with Crippen molar-refractivity contribution >= 4 is 0 Å². The van der Waals surface area contributed by atoms with Gasteiger partial charge in [0.05, 0.1) is 6.61 Å². The number of nitrogens with one attached hydrogen (secondary N) is 1. The fourth-order valence-corrected chi connectivity index (χ4v) is 2.37. The predicted octanol–water partition coefficient (Wildman–Crippen LogP) is 5.09. The lowest BCUT2D eigenvalue weighted by Gasteiger charge is -2.14. The van der Waals surface area contributed by atoms with Crippen LogP contribution in [0, 0.1) is 12.8 Å². The smallest absolute Gasteiger partial charge is 0.123 e. The van der Waals surface area contributed by atoms with Gasteiger partial charge in [-0.05, 0) is 31.9 Å². The van der Waals surface area contributed by atoms with Crippen LogP contribution in [0.5, 0.6) is 5.75 Å². The summed E-state index contributed by atoms with van der Waals surface area (Å²) in [6.45, 7) is 11.6. The normalized spacial score (nSPS) is 11.1. The summed E-state index contributed by atoms with van der Waals surface area (Å²) in [6, 6.07) is 6.49. The molecule has 1 rings (SSSR count). The molecule has 0 unspecified atom stereocenters. The fourth-order valence-electron chi connectivity index (χ4n) is 2.37. The lowest BCUT2D eigenvalue weighted by atomic mass is 10.1. The predicted molar refractivity (Wildman–Crippen MR) is 92.0 cm³/mol. The van der Waals surface area contributed by atoms with Crippen molar-refractivity contribution in [3.05, 3.63) is 29.3 Å². The van der Waals surface area contributed by atoms with Crippen LogP contribution < -0.4 is 10.1 Å². The molecule has 0 aliphatic rings. The van der Waals surface area contributed by atoms with Gasteiger partial charge in [-0.25, -0.2) is 0 Å². The Balaban J connectivity index is 2.40. The van der Waals surface area contributed by atoms with E-state index in [2.05, 4.69) is 51.2 Å². The molecule has 0 aliphatic carbocycles. The largest absolute Gasteiger partial charge is 0.493 e. The highest BCUT2D eigenvalue weighted by Gasteiger charge is 2.04. The third kappa shape index (κ3) is 8.11. The summed E-state index contributed by atoms with van der Waals surface area (Å²) < 4.78 is 5.99. The molecule has 0 atom stereocenters. The van der Waals surface area contributed by atoms with Gasteiger partial charge < -0.3 is 10.1 Å². The number of hydrogen-bond donors (Lipinski definition) is 1. The van der Waals surface area contributed by atoms with Crippen LogP contribution in [0.3, 0.4) is 0 Å². The molecule has 1 aromatic rings. The minimum Gasteiger partial charge on any atom is -0.493 e. The Morgan fingerprint density at radius 3 is 2.57 bits per heavy atom. The van der Waals surface area contributed by atoms with Gasteiger partial charge in [0.15, 0.2) is 0 Å². The van der Waals surface area contributed by atoms with Crippen LogP contribution in [0.25, 0.3) is 0 Å². The molecule has 0 bridgehead atoms. The Morgan fingerprint density at radius 1 is 1.10 bits per heavy atom. The highest BCUT2D eigenvalue weighted by molar-refractivity contribution is 5.36. The second-order valence-electron chi connectivity index (χ2n) is 6.40. The van der Waals surface area contributed by atoms with Gasteiger partial charge >= 0.3 is 0 Å². The summed E-state index contributed by atoms with van der Waals surface area (Å²) in [5.74, 6) is 1.73. The zero-order chi connectivity index (χ0) is 15.5. The average Bonchev–Trinajstić information content (AvgIpc) is 2.44. The van der Waals surface area contributed by atoms with Gasteiger partial charge in [0.25, 0.3) is 0 Å². The van der Waals surface area contributed by atoms with E-state index in [0.29, 0.717) is 5.92 Å². The van der Waals surface area contributed by atoms with Crippen LogP contribution in [0.1, 0.15) is 64.0 Å². The van der Waals surface area contributed by atoms with E-state index in [1.165, 1.54) is 36.8 Å². The van der Waals surface area contributed by atoms with Crippen LogP contribution in [-0.2, 0) is 6.54 Å². The Hall–Kier alpha value is -1.02. The SMILES string of the molecule is CCCCCCCOc1ccc(C)cc1CNCC(C)C. The van der Waals surface area contributed by atoms with E-state index < -0.39 is 0 Å². The zero-order valence-electron chi connectivity index (χ0n) is 14.4. The first kappa shape index (κ1) is 18.0. The Kier molecular flexibility index (Phi) is 9.16. The Bertz CT molecular complexity index is 387. The number of aryl methyl sites for hydroxylation is 1. The number of ether oxygens (including phenoxy) is 1. The molecule has 1 N–H and O–H groups in total. The minimum absolute atomic E-state index is 0.678. The van der Waals surface area contributed by atoms with Crippen LogP contribution in [0.4, 0.5) is 0 Å². The van der Waals surface area contributed by atoms with E-state index in [-0.39, 0.29) is 0 Å². The summed E-state index contributed by atoms with van der Waals surface area (Å²) in [7, 11) is 0. The highest BCUT2D eigenvalue weighted by atomic mass is 16.5. The van der Waals surface area contributed by atoms with Crippen molar-refractivity contribution in [2.75, 3.05) is 13.2 Å². The number of unbranched alkanes of at least 4 members (excludes halogenated alkanes) is 4. The van der Waals surface area contributed by atoms with E-state index >= 15 is 0 Å². The quantitative estimate of drug-likeness (QED) is 0.573. The molecule has 2 nitrogen and oxygen atoms in total. The first-order valence-corrected chi connectivity index (χ1v) is 8.56. The first-order chi connectivity index (χ1) is 10.1. The van der Waals surface area contributed by atoms with Gasteiger partial charge in [-0.3, -0.25) is 0 Å². The maximum Gasteiger partial charge on any atom is 0.123 e. The van der Waals surface area contributed by atoms with Crippen molar-refractivity contribution in [1.29, 1.82) is 0 Å². The van der Waals surface area contributed by atoms with Gasteiger partial charge in [-0.15, -0.1) is 0 Å². The van der Waals surface area contributed by atoms with Gasteiger partial charge in [-0.1, -0.05) is 64.2 Å². The third-order valence-electron chi connectivity index (χ3n) is 3.59. The number of hydrogen-bond acceptors (Lipinski definition) is 2. The second-order valence-corrected chi connectivity index (χ2v) is 6.40. The molecule has 0 spiro atoms. The molecule has 0 amide bonds. The maximum absolute atomic E-state index is 5.99. The molecule has 0 heterocycles. The van der Waals surface area contributed by atoms with Crippen molar-refractivity contribution in [2.45, 2.75) is 66.3 Å². The average molecular weight is 291 g/mol. The van der Waals surface area contributed by atoms with Crippen LogP contribution in [0.2, 0.25) is 0 Å². The van der Waals surface area contributed by atoms with Crippen molar-refractivity contribution in [1.82, 2.24) is 5.32 Å². The zero-order valence-corrected chi connectivity index (χ0v) is 14.4. The molecule has 120 valence electrons. The van der Waals surface area contributed by atoms with Crippen LogP contribution in [0.15, 0.2) is 18.2 Å². The van der Waals surface area contributed by atoms with Gasteiger partial charge in [0.2, 0.25) is 0 Å². The molecule has 0 saturated carbocycles. The molecule has 0 saturated heterocycles. The Labute approximate surface area is 131 Å². The Morgan fingerprint density at radius 2 is 1.86 bits per heavy atom. The van der Waals surface area contributed by atoms with Gasteiger partial charge in [0, 0.05) is 12.1 Å². The minimum atomic E-state index is 0.678. The standard InChI is InChI=1S/C19H33NO/c1-5-6-7-8-9-12-21-19-11-10-17(4)13-18(19)15-20-14-16(2)3/h10-11,13,16,20H,5-9,12,14-15H2,1-4H3. The molecule has 1 aromatic carbocycles. The molecular formula is C19H33NO. The second kappa shape index (κ2) is 10.7. The van der Waals surface area contributed by atoms with E-state index in [1.807, 2.05) is 0 Å². The summed E-state index contributed by atoms with van der Waals surface area (Å²) in [4.78, 5) is 0. The summed E-state index contributed by atoms with van der Waals surface area (Å²) in [5.41, 5.74) is 2.58. The van der Waals surface area contributed by atoms with E-state index in [1.54, 1.807) is 0 Å².